The summed E-state index contributed by atoms with van der Waals surface area (Å²) in [5.74, 6) is 0. The highest BCUT2D eigenvalue weighted by Crippen LogP contribution is 2.10. The van der Waals surface area contributed by atoms with Crippen LogP contribution in [0.25, 0.3) is 0 Å². The molecule has 1 N–H and O–H groups in total. The zero-order valence-electron chi connectivity index (χ0n) is 12.2. The average Bonchev–Trinajstić information content (AvgIpc) is 2.34. The highest BCUT2D eigenvalue weighted by atomic mass is 15.3. The highest BCUT2D eigenvalue weighted by molar-refractivity contribution is 4.80. The Balaban J connectivity index is 2.36. The Labute approximate surface area is 108 Å². The van der Waals surface area contributed by atoms with Crippen LogP contribution < -0.4 is 5.32 Å². The summed E-state index contributed by atoms with van der Waals surface area (Å²) in [6.45, 7) is 16.4. The molecule has 0 radical (unpaired) electrons. The molecule has 0 spiro atoms. The fourth-order valence-electron chi connectivity index (χ4n) is 2.56. The first-order valence-electron chi connectivity index (χ1n) is 7.37. The molecule has 0 aromatic heterocycles. The second kappa shape index (κ2) is 8.06. The van der Waals surface area contributed by atoms with Gasteiger partial charge in [0.25, 0.3) is 0 Å². The lowest BCUT2D eigenvalue weighted by atomic mass is 10.1. The summed E-state index contributed by atoms with van der Waals surface area (Å²) in [5.41, 5.74) is 0. The third kappa shape index (κ3) is 5.36. The van der Waals surface area contributed by atoms with Crippen LogP contribution in [0.15, 0.2) is 0 Å². The van der Waals surface area contributed by atoms with Gasteiger partial charge in [-0.3, -0.25) is 4.90 Å². The van der Waals surface area contributed by atoms with Crippen molar-refractivity contribution in [3.05, 3.63) is 0 Å². The van der Waals surface area contributed by atoms with Gasteiger partial charge in [-0.05, 0) is 13.0 Å². The highest BCUT2D eigenvalue weighted by Gasteiger charge is 2.22. The molecule has 3 heteroatoms. The van der Waals surface area contributed by atoms with E-state index >= 15 is 0 Å². The van der Waals surface area contributed by atoms with Crippen molar-refractivity contribution in [2.24, 2.45) is 0 Å². The summed E-state index contributed by atoms with van der Waals surface area (Å²) in [6, 6.07) is 1.34. The maximum absolute atomic E-state index is 3.60. The van der Waals surface area contributed by atoms with Gasteiger partial charge in [0.1, 0.15) is 0 Å². The molecule has 1 heterocycles. The van der Waals surface area contributed by atoms with Crippen molar-refractivity contribution in [3.8, 4) is 0 Å². The van der Waals surface area contributed by atoms with E-state index in [1.165, 1.54) is 45.6 Å². The molecule has 1 aliphatic heterocycles. The van der Waals surface area contributed by atoms with E-state index in [4.69, 9.17) is 0 Å². The van der Waals surface area contributed by atoms with Crippen LogP contribution in [-0.2, 0) is 0 Å². The maximum atomic E-state index is 3.60. The molecule has 102 valence electrons. The molecule has 0 aromatic rings. The molecule has 1 unspecified atom stereocenters. The van der Waals surface area contributed by atoms with Gasteiger partial charge >= 0.3 is 0 Å². The van der Waals surface area contributed by atoms with Gasteiger partial charge in [0, 0.05) is 44.8 Å². The van der Waals surface area contributed by atoms with Gasteiger partial charge in [-0.1, -0.05) is 34.1 Å². The van der Waals surface area contributed by atoms with Gasteiger partial charge in [-0.15, -0.1) is 0 Å². The van der Waals surface area contributed by atoms with Gasteiger partial charge in [0.2, 0.25) is 0 Å². The second-order valence-corrected chi connectivity index (χ2v) is 5.48. The Morgan fingerprint density at radius 3 is 2.18 bits per heavy atom. The molecule has 0 aromatic carbocycles. The summed E-state index contributed by atoms with van der Waals surface area (Å²) < 4.78 is 0. The molecule has 1 atom stereocenters. The third-order valence-corrected chi connectivity index (χ3v) is 3.75. The van der Waals surface area contributed by atoms with Crippen molar-refractivity contribution >= 4 is 0 Å². The summed E-state index contributed by atoms with van der Waals surface area (Å²) in [4.78, 5) is 5.24. The van der Waals surface area contributed by atoms with Crippen LogP contribution in [-0.4, -0.2) is 61.2 Å². The van der Waals surface area contributed by atoms with Gasteiger partial charge in [0.05, 0.1) is 0 Å². The minimum absolute atomic E-state index is 0.603. The standard InChI is InChI=1S/C14H31N3/c1-5-7-14(12-15-13(3)4)17-10-8-16(6-2)9-11-17/h13-15H,5-12H2,1-4H3. The predicted octanol–water partition coefficient (Wildman–Crippen LogP) is 1.79. The van der Waals surface area contributed by atoms with Crippen LogP contribution in [0.3, 0.4) is 0 Å². The van der Waals surface area contributed by atoms with Gasteiger partial charge in [0.15, 0.2) is 0 Å². The van der Waals surface area contributed by atoms with E-state index in [1.807, 2.05) is 0 Å². The Kier molecular flexibility index (Phi) is 7.09. The van der Waals surface area contributed by atoms with E-state index in [0.29, 0.717) is 6.04 Å². The predicted molar refractivity (Wildman–Crippen MR) is 75.5 cm³/mol. The molecular weight excluding hydrogens is 210 g/mol. The number of rotatable bonds is 7. The van der Waals surface area contributed by atoms with E-state index in [1.54, 1.807) is 0 Å². The van der Waals surface area contributed by atoms with Crippen molar-refractivity contribution in [2.75, 3.05) is 39.3 Å². The van der Waals surface area contributed by atoms with Crippen molar-refractivity contribution in [1.29, 1.82) is 0 Å². The van der Waals surface area contributed by atoms with E-state index in [2.05, 4.69) is 42.8 Å². The van der Waals surface area contributed by atoms with Crippen LogP contribution in [0.2, 0.25) is 0 Å². The molecule has 1 rings (SSSR count). The molecule has 1 saturated heterocycles. The van der Waals surface area contributed by atoms with Gasteiger partial charge < -0.3 is 10.2 Å². The first-order chi connectivity index (χ1) is 8.17. The normalized spacial score (nSPS) is 21.0. The molecule has 17 heavy (non-hydrogen) atoms. The average molecular weight is 241 g/mol. The van der Waals surface area contributed by atoms with Crippen LogP contribution in [0.5, 0.6) is 0 Å². The van der Waals surface area contributed by atoms with E-state index in [0.717, 1.165) is 12.6 Å². The molecular formula is C14H31N3. The summed E-state index contributed by atoms with van der Waals surface area (Å²) >= 11 is 0. The smallest absolute Gasteiger partial charge is 0.0221 e. The maximum Gasteiger partial charge on any atom is 0.0221 e. The number of hydrogen-bond acceptors (Lipinski definition) is 3. The second-order valence-electron chi connectivity index (χ2n) is 5.48. The monoisotopic (exact) mass is 241 g/mol. The van der Waals surface area contributed by atoms with E-state index < -0.39 is 0 Å². The lowest BCUT2D eigenvalue weighted by Gasteiger charge is -2.39. The lowest BCUT2D eigenvalue weighted by Crippen LogP contribution is -2.53. The van der Waals surface area contributed by atoms with Crippen LogP contribution in [0, 0.1) is 0 Å². The van der Waals surface area contributed by atoms with E-state index in [9.17, 15) is 0 Å². The van der Waals surface area contributed by atoms with Crippen LogP contribution in [0.1, 0.15) is 40.5 Å². The van der Waals surface area contributed by atoms with Crippen molar-refractivity contribution in [1.82, 2.24) is 15.1 Å². The Bertz CT molecular complexity index is 186. The number of hydrogen-bond donors (Lipinski definition) is 1. The fraction of sp³-hybridized carbons (Fsp3) is 1.00. The molecule has 3 nitrogen and oxygen atoms in total. The molecule has 1 aliphatic rings. The number of nitrogens with zero attached hydrogens (tertiary/aromatic N) is 2. The minimum atomic E-state index is 0.603. The van der Waals surface area contributed by atoms with Gasteiger partial charge in [-0.25, -0.2) is 0 Å². The molecule has 0 amide bonds. The van der Waals surface area contributed by atoms with Crippen LogP contribution in [0.4, 0.5) is 0 Å². The number of likely N-dealkylation sites (N-methyl/N-ethyl adjacent to an activating group) is 1. The van der Waals surface area contributed by atoms with Crippen molar-refractivity contribution in [2.45, 2.75) is 52.6 Å². The number of piperazine rings is 1. The first-order valence-corrected chi connectivity index (χ1v) is 7.37. The quantitative estimate of drug-likeness (QED) is 0.733. The van der Waals surface area contributed by atoms with Gasteiger partial charge in [-0.2, -0.15) is 0 Å². The Morgan fingerprint density at radius 1 is 1.06 bits per heavy atom. The lowest BCUT2D eigenvalue weighted by molar-refractivity contribution is 0.0932. The first kappa shape index (κ1) is 14.9. The summed E-state index contributed by atoms with van der Waals surface area (Å²) in [5, 5.41) is 3.60. The van der Waals surface area contributed by atoms with Crippen LogP contribution >= 0.6 is 0 Å². The third-order valence-electron chi connectivity index (χ3n) is 3.75. The fourth-order valence-corrected chi connectivity index (χ4v) is 2.56. The summed E-state index contributed by atoms with van der Waals surface area (Å²) in [6.07, 6.45) is 2.62. The van der Waals surface area contributed by atoms with E-state index in [-0.39, 0.29) is 0 Å². The Hall–Kier alpha value is -0.120. The molecule has 0 saturated carbocycles. The Morgan fingerprint density at radius 2 is 1.71 bits per heavy atom. The number of nitrogens with one attached hydrogen (secondary N) is 1. The SMILES string of the molecule is CCCC(CNC(C)C)N1CCN(CC)CC1. The zero-order valence-corrected chi connectivity index (χ0v) is 12.2. The minimum Gasteiger partial charge on any atom is -0.313 e. The zero-order chi connectivity index (χ0) is 12.7. The largest absolute Gasteiger partial charge is 0.313 e. The molecule has 0 bridgehead atoms. The topological polar surface area (TPSA) is 18.5 Å². The van der Waals surface area contributed by atoms with Crippen molar-refractivity contribution in [3.63, 3.8) is 0 Å². The molecule has 0 aliphatic carbocycles. The molecule has 1 fully saturated rings. The van der Waals surface area contributed by atoms with Crippen molar-refractivity contribution < 1.29 is 0 Å². The summed E-state index contributed by atoms with van der Waals surface area (Å²) in [7, 11) is 0.